The summed E-state index contributed by atoms with van der Waals surface area (Å²) in [7, 11) is 0. The third kappa shape index (κ3) is 3.06. The zero-order valence-corrected chi connectivity index (χ0v) is 8.07. The third-order valence-corrected chi connectivity index (χ3v) is 1.76. The summed E-state index contributed by atoms with van der Waals surface area (Å²) in [5.41, 5.74) is 11.6. The van der Waals surface area contributed by atoms with Crippen LogP contribution in [0.1, 0.15) is 18.5 Å². The molecule has 4 N–H and O–H groups in total. The second-order valence-corrected chi connectivity index (χ2v) is 3.12. The van der Waals surface area contributed by atoms with Crippen molar-refractivity contribution in [3.05, 3.63) is 29.8 Å². The van der Waals surface area contributed by atoms with E-state index in [0.717, 1.165) is 5.56 Å². The standard InChI is InChI=1S/C10H14N2O2/c1-7(11)8-3-2-4-9(5-8)14-6-10(12)13/h2-5,7H,6,11H2,1H3,(H2,12,13). The number of benzene rings is 1. The summed E-state index contributed by atoms with van der Waals surface area (Å²) >= 11 is 0. The summed E-state index contributed by atoms with van der Waals surface area (Å²) in [6.07, 6.45) is 0. The van der Waals surface area contributed by atoms with E-state index in [1.54, 1.807) is 12.1 Å². The fourth-order valence-electron chi connectivity index (χ4n) is 1.04. The molecule has 0 aliphatic carbocycles. The molecule has 1 rings (SSSR count). The predicted molar refractivity (Wildman–Crippen MR) is 53.7 cm³/mol. The van der Waals surface area contributed by atoms with Crippen molar-refractivity contribution in [2.75, 3.05) is 6.61 Å². The van der Waals surface area contributed by atoms with Crippen molar-refractivity contribution in [1.29, 1.82) is 0 Å². The molecule has 1 unspecified atom stereocenters. The zero-order chi connectivity index (χ0) is 10.6. The van der Waals surface area contributed by atoms with E-state index in [1.165, 1.54) is 0 Å². The molecule has 0 saturated heterocycles. The van der Waals surface area contributed by atoms with Gasteiger partial charge in [0.2, 0.25) is 0 Å². The van der Waals surface area contributed by atoms with Gasteiger partial charge in [0.25, 0.3) is 5.91 Å². The summed E-state index contributed by atoms with van der Waals surface area (Å²) in [4.78, 5) is 10.5. The van der Waals surface area contributed by atoms with Crippen LogP contribution in [0.3, 0.4) is 0 Å². The maximum absolute atomic E-state index is 10.5. The summed E-state index contributed by atoms with van der Waals surface area (Å²) in [5.74, 6) is 0.120. The molecule has 0 aromatic heterocycles. The lowest BCUT2D eigenvalue weighted by Crippen LogP contribution is -2.20. The molecule has 0 spiro atoms. The Bertz CT molecular complexity index is 324. The van der Waals surface area contributed by atoms with Crippen LogP contribution < -0.4 is 16.2 Å². The quantitative estimate of drug-likeness (QED) is 0.735. The molecule has 4 nitrogen and oxygen atoms in total. The minimum atomic E-state index is -0.490. The highest BCUT2D eigenvalue weighted by molar-refractivity contribution is 5.75. The topological polar surface area (TPSA) is 78.3 Å². The van der Waals surface area contributed by atoms with Crippen molar-refractivity contribution < 1.29 is 9.53 Å². The lowest BCUT2D eigenvalue weighted by molar-refractivity contribution is -0.119. The molecule has 14 heavy (non-hydrogen) atoms. The molecule has 0 aliphatic heterocycles. The maximum atomic E-state index is 10.5. The van der Waals surface area contributed by atoms with Crippen LogP contribution in [0.2, 0.25) is 0 Å². The van der Waals surface area contributed by atoms with E-state index >= 15 is 0 Å². The normalized spacial score (nSPS) is 12.1. The maximum Gasteiger partial charge on any atom is 0.255 e. The molecule has 0 saturated carbocycles. The zero-order valence-electron chi connectivity index (χ0n) is 8.07. The molecule has 1 amide bonds. The average molecular weight is 194 g/mol. The number of hydrogen-bond donors (Lipinski definition) is 2. The highest BCUT2D eigenvalue weighted by Gasteiger charge is 2.01. The largest absolute Gasteiger partial charge is 0.484 e. The van der Waals surface area contributed by atoms with Crippen molar-refractivity contribution >= 4 is 5.91 Å². The van der Waals surface area contributed by atoms with Crippen LogP contribution >= 0.6 is 0 Å². The Morgan fingerprint density at radius 3 is 2.86 bits per heavy atom. The highest BCUT2D eigenvalue weighted by atomic mass is 16.5. The molecule has 0 fully saturated rings. The fraction of sp³-hybridized carbons (Fsp3) is 0.300. The van der Waals surface area contributed by atoms with Gasteiger partial charge in [0.15, 0.2) is 6.61 Å². The minimum Gasteiger partial charge on any atom is -0.484 e. The molecule has 1 atom stereocenters. The molecule has 0 aliphatic rings. The molecular formula is C10H14N2O2. The minimum absolute atomic E-state index is 0.0490. The van der Waals surface area contributed by atoms with Crippen LogP contribution in [0.15, 0.2) is 24.3 Å². The van der Waals surface area contributed by atoms with Gasteiger partial charge in [0.1, 0.15) is 5.75 Å². The van der Waals surface area contributed by atoms with E-state index in [1.807, 2.05) is 19.1 Å². The Hall–Kier alpha value is -1.55. The van der Waals surface area contributed by atoms with Crippen molar-refractivity contribution in [3.8, 4) is 5.75 Å². The van der Waals surface area contributed by atoms with Gasteiger partial charge in [-0.3, -0.25) is 4.79 Å². The SMILES string of the molecule is CC(N)c1cccc(OCC(N)=O)c1. The summed E-state index contributed by atoms with van der Waals surface area (Å²) in [6.45, 7) is 1.77. The van der Waals surface area contributed by atoms with Gasteiger partial charge in [-0.15, -0.1) is 0 Å². The van der Waals surface area contributed by atoms with Crippen LogP contribution in [0, 0.1) is 0 Å². The van der Waals surface area contributed by atoms with Gasteiger partial charge in [-0.25, -0.2) is 0 Å². The summed E-state index contributed by atoms with van der Waals surface area (Å²) in [5, 5.41) is 0. The number of carbonyl (C=O) groups excluding carboxylic acids is 1. The molecular weight excluding hydrogens is 180 g/mol. The first-order valence-corrected chi connectivity index (χ1v) is 4.36. The number of hydrogen-bond acceptors (Lipinski definition) is 3. The van der Waals surface area contributed by atoms with Crippen molar-refractivity contribution in [2.45, 2.75) is 13.0 Å². The lowest BCUT2D eigenvalue weighted by Gasteiger charge is -2.08. The number of amides is 1. The second kappa shape index (κ2) is 4.62. The van der Waals surface area contributed by atoms with Crippen molar-refractivity contribution in [1.82, 2.24) is 0 Å². The van der Waals surface area contributed by atoms with E-state index in [0.29, 0.717) is 5.75 Å². The number of carbonyl (C=O) groups is 1. The molecule has 76 valence electrons. The van der Waals surface area contributed by atoms with Gasteiger partial charge in [-0.05, 0) is 24.6 Å². The molecule has 1 aromatic rings. The smallest absolute Gasteiger partial charge is 0.255 e. The van der Waals surface area contributed by atoms with Crippen LogP contribution in [0.5, 0.6) is 5.75 Å². The Balaban J connectivity index is 2.68. The number of primary amides is 1. The first kappa shape index (κ1) is 10.5. The summed E-state index contributed by atoms with van der Waals surface area (Å²) in [6, 6.07) is 7.24. The van der Waals surface area contributed by atoms with E-state index in [-0.39, 0.29) is 12.6 Å². The summed E-state index contributed by atoms with van der Waals surface area (Å²) < 4.78 is 5.13. The van der Waals surface area contributed by atoms with E-state index in [4.69, 9.17) is 16.2 Å². The molecule has 0 radical (unpaired) electrons. The van der Waals surface area contributed by atoms with Gasteiger partial charge in [0, 0.05) is 6.04 Å². The molecule has 0 bridgehead atoms. The Morgan fingerprint density at radius 2 is 2.29 bits per heavy atom. The van der Waals surface area contributed by atoms with E-state index in [9.17, 15) is 4.79 Å². The van der Waals surface area contributed by atoms with Gasteiger partial charge in [-0.2, -0.15) is 0 Å². The van der Waals surface area contributed by atoms with Crippen LogP contribution in [0.4, 0.5) is 0 Å². The van der Waals surface area contributed by atoms with Gasteiger partial charge >= 0.3 is 0 Å². The predicted octanol–water partition coefficient (Wildman–Crippen LogP) is 0.570. The lowest BCUT2D eigenvalue weighted by atomic mass is 10.1. The number of ether oxygens (including phenoxy) is 1. The second-order valence-electron chi connectivity index (χ2n) is 3.12. The molecule has 4 heteroatoms. The van der Waals surface area contributed by atoms with Gasteiger partial charge in [0.05, 0.1) is 0 Å². The Labute approximate surface area is 82.8 Å². The molecule has 0 heterocycles. The van der Waals surface area contributed by atoms with Crippen LogP contribution in [0.25, 0.3) is 0 Å². The van der Waals surface area contributed by atoms with Crippen LogP contribution in [-0.2, 0) is 4.79 Å². The van der Waals surface area contributed by atoms with E-state index in [2.05, 4.69) is 0 Å². The Kier molecular flexibility index (Phi) is 3.48. The van der Waals surface area contributed by atoms with Gasteiger partial charge in [-0.1, -0.05) is 12.1 Å². The Morgan fingerprint density at radius 1 is 1.57 bits per heavy atom. The third-order valence-electron chi connectivity index (χ3n) is 1.76. The van der Waals surface area contributed by atoms with E-state index < -0.39 is 5.91 Å². The van der Waals surface area contributed by atoms with Crippen LogP contribution in [-0.4, -0.2) is 12.5 Å². The average Bonchev–Trinajstić information content (AvgIpc) is 2.15. The first-order valence-electron chi connectivity index (χ1n) is 4.36. The number of nitrogens with two attached hydrogens (primary N) is 2. The first-order chi connectivity index (χ1) is 6.59. The number of rotatable bonds is 4. The van der Waals surface area contributed by atoms with Crippen molar-refractivity contribution in [2.24, 2.45) is 11.5 Å². The van der Waals surface area contributed by atoms with Gasteiger partial charge < -0.3 is 16.2 Å². The fourth-order valence-corrected chi connectivity index (χ4v) is 1.04. The molecule has 1 aromatic carbocycles. The monoisotopic (exact) mass is 194 g/mol. The highest BCUT2D eigenvalue weighted by Crippen LogP contribution is 2.17. The van der Waals surface area contributed by atoms with Crippen molar-refractivity contribution in [3.63, 3.8) is 0 Å².